The van der Waals surface area contributed by atoms with E-state index in [0.717, 1.165) is 24.3 Å². The molecule has 1 aromatic heterocycles. The van der Waals surface area contributed by atoms with E-state index in [1.54, 1.807) is 7.11 Å². The minimum Gasteiger partial charge on any atom is -0.383 e. The van der Waals surface area contributed by atoms with Gasteiger partial charge in [-0.3, -0.25) is 4.98 Å². The summed E-state index contributed by atoms with van der Waals surface area (Å²) < 4.78 is 5.14. The second-order valence-corrected chi connectivity index (χ2v) is 4.74. The second-order valence-electron chi connectivity index (χ2n) is 4.74. The molecule has 4 nitrogen and oxygen atoms in total. The number of ether oxygens (including phenoxy) is 1. The predicted octanol–water partition coefficient (Wildman–Crippen LogP) is 2.35. The summed E-state index contributed by atoms with van der Waals surface area (Å²) in [6.07, 6.45) is 2.81. The Balaban J connectivity index is 2.80. The average Bonchev–Trinajstić information content (AvgIpc) is 2.38. The SMILES string of the molecule is CC[C@H](N)c1ccc(N(CCOC)C(C)C)cn1. The van der Waals surface area contributed by atoms with Crippen molar-refractivity contribution in [2.45, 2.75) is 39.3 Å². The molecule has 4 heteroatoms. The normalized spacial score (nSPS) is 12.8. The molecule has 0 bridgehead atoms. The van der Waals surface area contributed by atoms with Crippen molar-refractivity contribution in [2.24, 2.45) is 5.73 Å². The molecule has 0 saturated heterocycles. The minimum atomic E-state index is 0.0329. The fraction of sp³-hybridized carbons (Fsp3) is 0.643. The molecule has 18 heavy (non-hydrogen) atoms. The predicted molar refractivity (Wildman–Crippen MR) is 75.8 cm³/mol. The lowest BCUT2D eigenvalue weighted by Gasteiger charge is -2.28. The number of nitrogens with two attached hydrogens (primary N) is 1. The molecule has 0 unspecified atom stereocenters. The minimum absolute atomic E-state index is 0.0329. The highest BCUT2D eigenvalue weighted by molar-refractivity contribution is 5.45. The molecule has 1 heterocycles. The van der Waals surface area contributed by atoms with E-state index in [1.165, 1.54) is 0 Å². The van der Waals surface area contributed by atoms with Crippen LogP contribution < -0.4 is 10.6 Å². The maximum absolute atomic E-state index is 5.96. The van der Waals surface area contributed by atoms with E-state index in [0.29, 0.717) is 12.6 Å². The molecule has 0 aliphatic heterocycles. The van der Waals surface area contributed by atoms with Gasteiger partial charge >= 0.3 is 0 Å². The zero-order chi connectivity index (χ0) is 13.5. The summed E-state index contributed by atoms with van der Waals surface area (Å²) in [6, 6.07) is 4.57. The van der Waals surface area contributed by atoms with E-state index in [1.807, 2.05) is 12.3 Å². The zero-order valence-electron chi connectivity index (χ0n) is 11.9. The number of hydrogen-bond acceptors (Lipinski definition) is 4. The molecule has 0 aliphatic carbocycles. The highest BCUT2D eigenvalue weighted by Crippen LogP contribution is 2.18. The molecule has 0 spiro atoms. The van der Waals surface area contributed by atoms with Gasteiger partial charge in [-0.05, 0) is 32.4 Å². The van der Waals surface area contributed by atoms with Crippen LogP contribution >= 0.6 is 0 Å². The van der Waals surface area contributed by atoms with Crippen LogP contribution in [0.5, 0.6) is 0 Å². The van der Waals surface area contributed by atoms with Gasteiger partial charge in [0.25, 0.3) is 0 Å². The summed E-state index contributed by atoms with van der Waals surface area (Å²) >= 11 is 0. The Morgan fingerprint density at radius 1 is 1.39 bits per heavy atom. The van der Waals surface area contributed by atoms with Crippen molar-refractivity contribution < 1.29 is 4.74 Å². The second kappa shape index (κ2) is 7.34. The van der Waals surface area contributed by atoms with Gasteiger partial charge in [0.2, 0.25) is 0 Å². The van der Waals surface area contributed by atoms with Crippen LogP contribution in [-0.2, 0) is 4.74 Å². The van der Waals surface area contributed by atoms with Crippen molar-refractivity contribution in [2.75, 3.05) is 25.2 Å². The van der Waals surface area contributed by atoms with Crippen LogP contribution in [0.1, 0.15) is 38.9 Å². The molecule has 0 fully saturated rings. The molecule has 0 aromatic carbocycles. The molecule has 102 valence electrons. The Hall–Kier alpha value is -1.13. The molecule has 1 atom stereocenters. The van der Waals surface area contributed by atoms with Crippen molar-refractivity contribution in [1.29, 1.82) is 0 Å². The molecule has 0 radical (unpaired) electrons. The van der Waals surface area contributed by atoms with Crippen LogP contribution in [0.2, 0.25) is 0 Å². The largest absolute Gasteiger partial charge is 0.383 e. The number of anilines is 1. The van der Waals surface area contributed by atoms with Gasteiger partial charge in [0.1, 0.15) is 0 Å². The summed E-state index contributed by atoms with van der Waals surface area (Å²) in [5, 5.41) is 0. The van der Waals surface area contributed by atoms with Crippen molar-refractivity contribution in [3.8, 4) is 0 Å². The van der Waals surface area contributed by atoms with Crippen LogP contribution in [0.25, 0.3) is 0 Å². The van der Waals surface area contributed by atoms with E-state index >= 15 is 0 Å². The van der Waals surface area contributed by atoms with Gasteiger partial charge in [-0.25, -0.2) is 0 Å². The van der Waals surface area contributed by atoms with Crippen LogP contribution in [0.15, 0.2) is 18.3 Å². The number of aromatic nitrogens is 1. The Morgan fingerprint density at radius 2 is 2.11 bits per heavy atom. The summed E-state index contributed by atoms with van der Waals surface area (Å²) in [7, 11) is 1.72. The number of rotatable bonds is 7. The Labute approximate surface area is 110 Å². The standard InChI is InChI=1S/C14H25N3O/c1-5-13(15)14-7-6-12(10-16-14)17(11(2)3)8-9-18-4/h6-7,10-11,13H,5,8-9,15H2,1-4H3/t13-/m0/s1. The number of pyridine rings is 1. The third-order valence-corrected chi connectivity index (χ3v) is 3.08. The summed E-state index contributed by atoms with van der Waals surface area (Å²) in [6.45, 7) is 7.99. The molecule has 0 amide bonds. The highest BCUT2D eigenvalue weighted by atomic mass is 16.5. The molecule has 1 aromatic rings. The maximum Gasteiger partial charge on any atom is 0.0637 e. The maximum atomic E-state index is 5.96. The first kappa shape index (κ1) is 14.9. The average molecular weight is 251 g/mol. The van der Waals surface area contributed by atoms with Crippen molar-refractivity contribution >= 4 is 5.69 Å². The van der Waals surface area contributed by atoms with Gasteiger partial charge in [0, 0.05) is 25.7 Å². The fourth-order valence-corrected chi connectivity index (χ4v) is 1.87. The molecular weight excluding hydrogens is 226 g/mol. The Kier molecular flexibility index (Phi) is 6.09. The summed E-state index contributed by atoms with van der Waals surface area (Å²) in [4.78, 5) is 6.73. The summed E-state index contributed by atoms with van der Waals surface area (Å²) in [5.74, 6) is 0. The van der Waals surface area contributed by atoms with Gasteiger partial charge in [0.15, 0.2) is 0 Å². The van der Waals surface area contributed by atoms with Gasteiger partial charge in [-0.15, -0.1) is 0 Å². The summed E-state index contributed by atoms with van der Waals surface area (Å²) in [5.41, 5.74) is 8.04. The van der Waals surface area contributed by atoms with Crippen LogP contribution in [0, 0.1) is 0 Å². The highest BCUT2D eigenvalue weighted by Gasteiger charge is 2.11. The molecule has 0 saturated carbocycles. The van der Waals surface area contributed by atoms with Crippen LogP contribution in [0.3, 0.4) is 0 Å². The number of hydrogen-bond donors (Lipinski definition) is 1. The van der Waals surface area contributed by atoms with Gasteiger partial charge in [0.05, 0.1) is 24.2 Å². The first-order valence-electron chi connectivity index (χ1n) is 6.57. The van der Waals surface area contributed by atoms with Crippen LogP contribution in [-0.4, -0.2) is 31.3 Å². The van der Waals surface area contributed by atoms with Gasteiger partial charge < -0.3 is 15.4 Å². The van der Waals surface area contributed by atoms with Crippen molar-refractivity contribution in [3.05, 3.63) is 24.0 Å². The quantitative estimate of drug-likeness (QED) is 0.808. The van der Waals surface area contributed by atoms with Crippen LogP contribution in [0.4, 0.5) is 5.69 Å². The first-order valence-corrected chi connectivity index (χ1v) is 6.57. The lowest BCUT2D eigenvalue weighted by atomic mass is 10.1. The number of methoxy groups -OCH3 is 1. The Morgan fingerprint density at radius 3 is 2.56 bits per heavy atom. The number of nitrogens with zero attached hydrogens (tertiary/aromatic N) is 2. The zero-order valence-corrected chi connectivity index (χ0v) is 11.9. The van der Waals surface area contributed by atoms with Crippen molar-refractivity contribution in [1.82, 2.24) is 4.98 Å². The van der Waals surface area contributed by atoms with E-state index in [9.17, 15) is 0 Å². The van der Waals surface area contributed by atoms with E-state index in [4.69, 9.17) is 10.5 Å². The third-order valence-electron chi connectivity index (χ3n) is 3.08. The molecular formula is C14H25N3O. The van der Waals surface area contributed by atoms with Crippen molar-refractivity contribution in [3.63, 3.8) is 0 Å². The molecule has 2 N–H and O–H groups in total. The monoisotopic (exact) mass is 251 g/mol. The topological polar surface area (TPSA) is 51.4 Å². The third kappa shape index (κ3) is 3.96. The van der Waals surface area contributed by atoms with E-state index in [-0.39, 0.29) is 6.04 Å². The molecule has 0 aliphatic rings. The lowest BCUT2D eigenvalue weighted by Crippen LogP contribution is -2.33. The fourth-order valence-electron chi connectivity index (χ4n) is 1.87. The first-order chi connectivity index (χ1) is 8.60. The van der Waals surface area contributed by atoms with Gasteiger partial charge in [-0.1, -0.05) is 6.92 Å². The van der Waals surface area contributed by atoms with Gasteiger partial charge in [-0.2, -0.15) is 0 Å². The Bertz CT molecular complexity index is 337. The lowest BCUT2D eigenvalue weighted by molar-refractivity contribution is 0.204. The van der Waals surface area contributed by atoms with E-state index in [2.05, 4.69) is 36.7 Å². The van der Waals surface area contributed by atoms with E-state index < -0.39 is 0 Å². The molecule has 1 rings (SSSR count). The smallest absolute Gasteiger partial charge is 0.0637 e.